The van der Waals surface area contributed by atoms with Crippen LogP contribution in [0, 0.1) is 24.5 Å². The number of amides is 1. The molecule has 0 unspecified atom stereocenters. The van der Waals surface area contributed by atoms with Gasteiger partial charge < -0.3 is 15.5 Å². The molecule has 8 nitrogen and oxygen atoms in total. The summed E-state index contributed by atoms with van der Waals surface area (Å²) in [5, 5.41) is 25.0. The first-order chi connectivity index (χ1) is 19.8. The van der Waals surface area contributed by atoms with Crippen molar-refractivity contribution in [3.63, 3.8) is 0 Å². The summed E-state index contributed by atoms with van der Waals surface area (Å²) in [6.07, 6.45) is 4.41. The van der Waals surface area contributed by atoms with Gasteiger partial charge in [-0.1, -0.05) is 12.1 Å². The van der Waals surface area contributed by atoms with E-state index in [9.17, 15) is 31.9 Å². The van der Waals surface area contributed by atoms with Crippen molar-refractivity contribution in [2.45, 2.75) is 44.8 Å². The van der Waals surface area contributed by atoms with E-state index in [1.807, 2.05) is 19.3 Å². The summed E-state index contributed by atoms with van der Waals surface area (Å²) >= 11 is 0. The van der Waals surface area contributed by atoms with E-state index in [1.165, 1.54) is 0 Å². The largest absolute Gasteiger partial charge is 0.503 e. The Morgan fingerprint density at radius 1 is 1.00 bits per heavy atom. The molecule has 1 aliphatic rings. The number of phenolic OH excluding ortho intramolecular Hbond substituents is 1. The third kappa shape index (κ3) is 7.39. The Morgan fingerprint density at radius 2 is 1.64 bits per heavy atom. The molecule has 3 N–H and O–H groups in total. The average molecular weight is 591 g/mol. The number of carboxylic acids is 1. The van der Waals surface area contributed by atoms with E-state index < -0.39 is 35.4 Å². The number of halogens is 5. The highest BCUT2D eigenvalue weighted by molar-refractivity contribution is 5.94. The zero-order valence-corrected chi connectivity index (χ0v) is 22.3. The van der Waals surface area contributed by atoms with Gasteiger partial charge in [0, 0.05) is 41.6 Å². The number of aliphatic carboxylic acids is 1. The number of alkyl halides is 3. The molecule has 2 heterocycles. The van der Waals surface area contributed by atoms with Gasteiger partial charge in [-0.25, -0.2) is 13.6 Å². The number of benzene rings is 2. The maximum absolute atomic E-state index is 13.5. The molecule has 0 saturated heterocycles. The highest BCUT2D eigenvalue weighted by Gasteiger charge is 2.38. The SMILES string of the molecule is Cc1cncc(-c2ccc3cn(C4CCC(CNC(=O)c5cc(F)c(O)c(F)c5)CC4)nc3c2)c1.O=C(O)C(F)(F)F. The number of rotatable bonds is 5. The van der Waals surface area contributed by atoms with Gasteiger partial charge in [-0.3, -0.25) is 14.5 Å². The number of pyridine rings is 1. The third-order valence-corrected chi connectivity index (χ3v) is 7.00. The molecule has 222 valence electrons. The molecule has 13 heteroatoms. The van der Waals surface area contributed by atoms with Crippen LogP contribution in [0.2, 0.25) is 0 Å². The predicted octanol–water partition coefficient (Wildman–Crippen LogP) is 6.19. The Kier molecular flexibility index (Phi) is 9.08. The highest BCUT2D eigenvalue weighted by Crippen LogP contribution is 2.33. The zero-order valence-electron chi connectivity index (χ0n) is 22.3. The van der Waals surface area contributed by atoms with Gasteiger partial charge >= 0.3 is 12.1 Å². The minimum Gasteiger partial charge on any atom is -0.503 e. The summed E-state index contributed by atoms with van der Waals surface area (Å²) in [6.45, 7) is 2.46. The molecule has 0 bridgehead atoms. The van der Waals surface area contributed by atoms with Crippen molar-refractivity contribution in [3.05, 3.63) is 77.8 Å². The van der Waals surface area contributed by atoms with Crippen molar-refractivity contribution in [3.8, 4) is 16.9 Å². The first-order valence-corrected chi connectivity index (χ1v) is 13.0. The van der Waals surface area contributed by atoms with Crippen molar-refractivity contribution >= 4 is 22.8 Å². The molecule has 2 aromatic heterocycles. The number of aryl methyl sites for hydroxylation is 1. The monoisotopic (exact) mass is 590 g/mol. The number of carbonyl (C=O) groups excluding carboxylic acids is 1. The van der Waals surface area contributed by atoms with E-state index in [2.05, 4.69) is 45.4 Å². The maximum Gasteiger partial charge on any atom is 0.490 e. The van der Waals surface area contributed by atoms with Crippen LogP contribution < -0.4 is 5.32 Å². The molecule has 0 spiro atoms. The number of fused-ring (bicyclic) bond motifs is 1. The minimum absolute atomic E-state index is 0.143. The first-order valence-electron chi connectivity index (χ1n) is 13.0. The van der Waals surface area contributed by atoms with E-state index in [4.69, 9.17) is 15.0 Å². The fourth-order valence-corrected chi connectivity index (χ4v) is 4.76. The number of aromatic hydroxyl groups is 1. The van der Waals surface area contributed by atoms with Gasteiger partial charge in [0.15, 0.2) is 17.4 Å². The van der Waals surface area contributed by atoms with Crippen LogP contribution >= 0.6 is 0 Å². The van der Waals surface area contributed by atoms with Crippen molar-refractivity contribution in [2.75, 3.05) is 6.54 Å². The second-order valence-corrected chi connectivity index (χ2v) is 10.1. The normalized spacial score (nSPS) is 16.9. The second-order valence-electron chi connectivity index (χ2n) is 10.1. The number of hydrogen-bond acceptors (Lipinski definition) is 5. The van der Waals surface area contributed by atoms with Crippen molar-refractivity contribution < 1.29 is 41.8 Å². The smallest absolute Gasteiger partial charge is 0.490 e. The molecule has 2 aromatic carbocycles. The molecule has 5 rings (SSSR count). The number of phenols is 1. The van der Waals surface area contributed by atoms with Crippen LogP contribution in [-0.2, 0) is 4.79 Å². The summed E-state index contributed by atoms with van der Waals surface area (Å²) < 4.78 is 60.8. The molecule has 0 aliphatic heterocycles. The van der Waals surface area contributed by atoms with Crippen molar-refractivity contribution in [2.24, 2.45) is 5.92 Å². The Labute approximate surface area is 236 Å². The number of carboxylic acid groups (broad SMARTS) is 1. The number of hydrogen-bond donors (Lipinski definition) is 3. The first kappa shape index (κ1) is 30.4. The Morgan fingerprint density at radius 3 is 2.24 bits per heavy atom. The van der Waals surface area contributed by atoms with E-state index in [0.717, 1.165) is 65.4 Å². The number of carbonyl (C=O) groups is 2. The van der Waals surface area contributed by atoms with E-state index in [0.29, 0.717) is 12.6 Å². The molecular formula is C29H27F5N4O4. The van der Waals surface area contributed by atoms with Gasteiger partial charge in [0.05, 0.1) is 11.6 Å². The number of aromatic nitrogens is 3. The van der Waals surface area contributed by atoms with Crippen LogP contribution in [0.25, 0.3) is 22.0 Å². The average Bonchev–Trinajstić information content (AvgIpc) is 3.38. The molecule has 0 radical (unpaired) electrons. The molecule has 1 aliphatic carbocycles. The lowest BCUT2D eigenvalue weighted by Crippen LogP contribution is -2.31. The standard InChI is InChI=1S/C27H26F2N4O2.C2HF3O2/c1-16-8-21(14-30-12-16)18-4-5-19-15-33(32-25(19)11-18)22-6-2-17(3-7-22)13-31-27(35)20-9-23(28)26(34)24(29)10-20;3-2(4,5)1(6)7/h4-5,8-12,14-15,17,22,34H,2-3,6-7,13H2,1H3,(H,31,35);(H,6,7). The lowest BCUT2D eigenvalue weighted by Gasteiger charge is -2.28. The van der Waals surface area contributed by atoms with Gasteiger partial charge in [-0.2, -0.15) is 18.3 Å². The van der Waals surface area contributed by atoms with Crippen LogP contribution in [0.15, 0.2) is 55.0 Å². The fraction of sp³-hybridized carbons (Fsp3) is 0.310. The maximum atomic E-state index is 13.5. The Hall–Kier alpha value is -4.55. The van der Waals surface area contributed by atoms with Crippen LogP contribution in [0.4, 0.5) is 22.0 Å². The van der Waals surface area contributed by atoms with E-state index >= 15 is 0 Å². The summed E-state index contributed by atoms with van der Waals surface area (Å²) in [7, 11) is 0. The van der Waals surface area contributed by atoms with Gasteiger partial charge in [0.25, 0.3) is 5.91 Å². The lowest BCUT2D eigenvalue weighted by molar-refractivity contribution is -0.192. The summed E-state index contributed by atoms with van der Waals surface area (Å²) in [5.41, 5.74) is 4.08. The molecule has 1 fully saturated rings. The molecule has 1 saturated carbocycles. The lowest BCUT2D eigenvalue weighted by atomic mass is 9.86. The summed E-state index contributed by atoms with van der Waals surface area (Å²) in [4.78, 5) is 25.5. The minimum atomic E-state index is -5.08. The van der Waals surface area contributed by atoms with Crippen LogP contribution in [0.3, 0.4) is 0 Å². The summed E-state index contributed by atoms with van der Waals surface area (Å²) in [5.74, 6) is -6.40. The molecule has 4 aromatic rings. The highest BCUT2D eigenvalue weighted by atomic mass is 19.4. The quantitative estimate of drug-likeness (QED) is 0.239. The van der Waals surface area contributed by atoms with Crippen LogP contribution in [0.5, 0.6) is 5.75 Å². The van der Waals surface area contributed by atoms with Crippen LogP contribution in [0.1, 0.15) is 47.6 Å². The Bertz CT molecular complexity index is 1570. The van der Waals surface area contributed by atoms with Gasteiger partial charge in [0.1, 0.15) is 0 Å². The molecular weight excluding hydrogens is 563 g/mol. The number of nitrogens with zero attached hydrogens (tertiary/aromatic N) is 3. The molecule has 42 heavy (non-hydrogen) atoms. The molecule has 1 amide bonds. The van der Waals surface area contributed by atoms with Gasteiger partial charge in [-0.15, -0.1) is 0 Å². The topological polar surface area (TPSA) is 117 Å². The third-order valence-electron chi connectivity index (χ3n) is 7.00. The van der Waals surface area contributed by atoms with E-state index in [1.54, 1.807) is 0 Å². The van der Waals surface area contributed by atoms with Gasteiger partial charge in [-0.05, 0) is 73.9 Å². The van der Waals surface area contributed by atoms with Crippen molar-refractivity contribution in [1.82, 2.24) is 20.1 Å². The van der Waals surface area contributed by atoms with E-state index in [-0.39, 0.29) is 11.5 Å². The molecule has 0 atom stereocenters. The van der Waals surface area contributed by atoms with Crippen molar-refractivity contribution in [1.29, 1.82) is 0 Å². The van der Waals surface area contributed by atoms with Crippen LogP contribution in [-0.4, -0.2) is 49.6 Å². The Balaban J connectivity index is 0.000000517. The zero-order chi connectivity index (χ0) is 30.6. The second kappa shape index (κ2) is 12.5. The van der Waals surface area contributed by atoms with Gasteiger partial charge in [0.2, 0.25) is 0 Å². The summed E-state index contributed by atoms with van der Waals surface area (Å²) in [6, 6.07) is 10.4. The number of nitrogens with one attached hydrogen (secondary N) is 1. The fourth-order valence-electron chi connectivity index (χ4n) is 4.76. The predicted molar refractivity (Wildman–Crippen MR) is 143 cm³/mol.